The number of benzene rings is 1. The van der Waals surface area contributed by atoms with E-state index < -0.39 is 17.9 Å². The van der Waals surface area contributed by atoms with Crippen LogP contribution in [0.5, 0.6) is 0 Å². The van der Waals surface area contributed by atoms with E-state index in [1.54, 1.807) is 45.0 Å². The minimum absolute atomic E-state index is 0.179. The zero-order chi connectivity index (χ0) is 16.8. The Morgan fingerprint density at radius 1 is 1.17 bits per heavy atom. The molecule has 1 aromatic carbocycles. The minimum Gasteiger partial charge on any atom is -0.465 e. The Morgan fingerprint density at radius 2 is 1.83 bits per heavy atom. The van der Waals surface area contributed by atoms with Crippen LogP contribution in [0.25, 0.3) is 11.4 Å². The van der Waals surface area contributed by atoms with Gasteiger partial charge in [0.1, 0.15) is 0 Å². The highest BCUT2D eigenvalue weighted by atomic mass is 16.6. The van der Waals surface area contributed by atoms with Crippen LogP contribution in [0.3, 0.4) is 0 Å². The Morgan fingerprint density at radius 3 is 2.35 bits per heavy atom. The Labute approximate surface area is 133 Å². The van der Waals surface area contributed by atoms with E-state index in [1.165, 1.54) is 0 Å². The third-order valence-corrected chi connectivity index (χ3v) is 3.05. The lowest BCUT2D eigenvalue weighted by atomic mass is 9.97. The van der Waals surface area contributed by atoms with Crippen molar-refractivity contribution in [3.63, 3.8) is 0 Å². The van der Waals surface area contributed by atoms with Crippen LogP contribution in [-0.2, 0) is 19.1 Å². The van der Waals surface area contributed by atoms with Crippen molar-refractivity contribution in [2.75, 3.05) is 13.2 Å². The van der Waals surface area contributed by atoms with Crippen LogP contribution < -0.4 is 0 Å². The Balaban J connectivity index is 2.38. The van der Waals surface area contributed by atoms with Crippen LogP contribution in [0.4, 0.5) is 0 Å². The molecular weight excluding hydrogens is 300 g/mol. The van der Waals surface area contributed by atoms with Gasteiger partial charge in [0, 0.05) is 12.5 Å². The molecule has 1 aromatic heterocycles. The van der Waals surface area contributed by atoms with Gasteiger partial charge in [0.25, 0.3) is 0 Å². The van der Waals surface area contributed by atoms with Crippen LogP contribution in [0.1, 0.15) is 31.2 Å². The van der Waals surface area contributed by atoms with E-state index in [4.69, 9.17) is 14.0 Å². The van der Waals surface area contributed by atoms with E-state index in [0.717, 1.165) is 0 Å². The molecule has 0 N–H and O–H groups in total. The summed E-state index contributed by atoms with van der Waals surface area (Å²) in [5.74, 6) is -1.61. The molecule has 0 fully saturated rings. The third-order valence-electron chi connectivity index (χ3n) is 3.05. The van der Waals surface area contributed by atoms with Crippen molar-refractivity contribution in [3.8, 4) is 11.4 Å². The summed E-state index contributed by atoms with van der Waals surface area (Å²) >= 11 is 0. The van der Waals surface area contributed by atoms with Crippen LogP contribution in [0, 0.1) is 6.92 Å². The van der Waals surface area contributed by atoms with Gasteiger partial charge in [-0.25, -0.2) is 0 Å². The first-order valence-corrected chi connectivity index (χ1v) is 7.30. The molecular formula is C16H18N2O5. The zero-order valence-corrected chi connectivity index (χ0v) is 13.2. The minimum atomic E-state index is -1.14. The highest BCUT2D eigenvalue weighted by molar-refractivity contribution is 6.01. The maximum absolute atomic E-state index is 12.1. The number of aromatic nitrogens is 2. The molecule has 0 unspecified atom stereocenters. The molecule has 2 rings (SSSR count). The number of esters is 2. The molecule has 0 atom stereocenters. The van der Waals surface area contributed by atoms with E-state index in [1.807, 2.05) is 0 Å². The number of hydrogen-bond acceptors (Lipinski definition) is 7. The number of rotatable bonds is 6. The molecule has 0 saturated carbocycles. The van der Waals surface area contributed by atoms with E-state index in [9.17, 15) is 9.59 Å². The van der Waals surface area contributed by atoms with Gasteiger partial charge in [-0.05, 0) is 25.5 Å². The number of carbonyl (C=O) groups is 2. The molecule has 1 heterocycles. The monoisotopic (exact) mass is 318 g/mol. The van der Waals surface area contributed by atoms with E-state index >= 15 is 0 Å². The van der Waals surface area contributed by atoms with E-state index in [2.05, 4.69) is 10.1 Å². The lowest BCUT2D eigenvalue weighted by Crippen LogP contribution is -2.26. The maximum Gasteiger partial charge on any atom is 0.324 e. The lowest BCUT2D eigenvalue weighted by molar-refractivity contribution is -0.156. The molecule has 0 amide bonds. The number of ether oxygens (including phenoxy) is 2. The molecule has 7 heteroatoms. The summed E-state index contributed by atoms with van der Waals surface area (Å²) in [6, 6.07) is 6.79. The van der Waals surface area contributed by atoms with Crippen molar-refractivity contribution >= 4 is 11.9 Å². The van der Waals surface area contributed by atoms with Gasteiger partial charge in [0.05, 0.1) is 13.2 Å². The Kier molecular flexibility index (Phi) is 5.46. The van der Waals surface area contributed by atoms with Gasteiger partial charge in [-0.3, -0.25) is 9.59 Å². The molecule has 0 bridgehead atoms. The summed E-state index contributed by atoms with van der Waals surface area (Å²) in [4.78, 5) is 28.4. The Bertz CT molecular complexity index is 677. The Hall–Kier alpha value is -2.70. The predicted molar refractivity (Wildman–Crippen MR) is 80.5 cm³/mol. The number of aryl methyl sites for hydroxylation is 1. The highest BCUT2D eigenvalue weighted by Gasteiger charge is 2.31. The molecule has 23 heavy (non-hydrogen) atoms. The van der Waals surface area contributed by atoms with Crippen molar-refractivity contribution in [1.82, 2.24) is 10.1 Å². The van der Waals surface area contributed by atoms with E-state index in [0.29, 0.717) is 22.8 Å². The molecule has 0 radical (unpaired) electrons. The smallest absolute Gasteiger partial charge is 0.324 e. The zero-order valence-electron chi connectivity index (χ0n) is 13.2. The second-order valence-corrected chi connectivity index (χ2v) is 4.70. The maximum atomic E-state index is 12.1. The first kappa shape index (κ1) is 16.7. The van der Waals surface area contributed by atoms with E-state index in [-0.39, 0.29) is 13.2 Å². The summed E-state index contributed by atoms with van der Waals surface area (Å²) in [6.07, 6.45) is 0. The topological polar surface area (TPSA) is 91.5 Å². The SMILES string of the molecule is CCOC(=O)C(C(=O)OCC)c1cccc(-c2noc(C)n2)c1. The average Bonchev–Trinajstić information content (AvgIpc) is 2.95. The predicted octanol–water partition coefficient (Wildman–Crippen LogP) is 2.25. The van der Waals surface area contributed by atoms with Gasteiger partial charge in [-0.15, -0.1) is 0 Å². The summed E-state index contributed by atoms with van der Waals surface area (Å²) in [6.45, 7) is 5.40. The summed E-state index contributed by atoms with van der Waals surface area (Å²) in [5, 5.41) is 3.83. The lowest BCUT2D eigenvalue weighted by Gasteiger charge is -2.15. The van der Waals surface area contributed by atoms with Gasteiger partial charge in [0.15, 0.2) is 5.92 Å². The highest BCUT2D eigenvalue weighted by Crippen LogP contribution is 2.24. The molecule has 0 spiro atoms. The molecule has 122 valence electrons. The van der Waals surface area contributed by atoms with Crippen LogP contribution in [-0.4, -0.2) is 35.3 Å². The standard InChI is InChI=1S/C16H18N2O5/c1-4-21-15(19)13(16(20)22-5-2)11-7-6-8-12(9-11)14-17-10(3)23-18-14/h6-9,13H,4-5H2,1-3H3. The first-order valence-electron chi connectivity index (χ1n) is 7.30. The third kappa shape index (κ3) is 3.94. The summed E-state index contributed by atoms with van der Waals surface area (Å²) in [7, 11) is 0. The molecule has 2 aromatic rings. The first-order chi connectivity index (χ1) is 11.1. The summed E-state index contributed by atoms with van der Waals surface area (Å²) < 4.78 is 14.9. The number of nitrogens with zero attached hydrogens (tertiary/aromatic N) is 2. The molecule has 0 saturated heterocycles. The van der Waals surface area contributed by atoms with Gasteiger partial charge in [0.2, 0.25) is 11.7 Å². The molecule has 0 aliphatic carbocycles. The van der Waals surface area contributed by atoms with Crippen LogP contribution in [0.2, 0.25) is 0 Å². The largest absolute Gasteiger partial charge is 0.465 e. The van der Waals surface area contributed by atoms with Crippen molar-refractivity contribution in [2.45, 2.75) is 26.7 Å². The van der Waals surface area contributed by atoms with Gasteiger partial charge >= 0.3 is 11.9 Å². The van der Waals surface area contributed by atoms with Crippen LogP contribution >= 0.6 is 0 Å². The molecule has 0 aliphatic heterocycles. The van der Waals surface area contributed by atoms with Crippen molar-refractivity contribution in [3.05, 3.63) is 35.7 Å². The van der Waals surface area contributed by atoms with Crippen molar-refractivity contribution < 1.29 is 23.6 Å². The molecule has 0 aliphatic rings. The second-order valence-electron chi connectivity index (χ2n) is 4.70. The van der Waals surface area contributed by atoms with Crippen LogP contribution in [0.15, 0.2) is 28.8 Å². The number of carbonyl (C=O) groups excluding carboxylic acids is 2. The van der Waals surface area contributed by atoms with Gasteiger partial charge in [-0.1, -0.05) is 23.4 Å². The molecule has 7 nitrogen and oxygen atoms in total. The summed E-state index contributed by atoms with van der Waals surface area (Å²) in [5.41, 5.74) is 1.10. The van der Waals surface area contributed by atoms with Crippen molar-refractivity contribution in [2.24, 2.45) is 0 Å². The fourth-order valence-electron chi connectivity index (χ4n) is 2.09. The second kappa shape index (κ2) is 7.53. The van der Waals surface area contributed by atoms with Gasteiger partial charge < -0.3 is 14.0 Å². The normalized spacial score (nSPS) is 10.6. The fourth-order valence-corrected chi connectivity index (χ4v) is 2.09. The quantitative estimate of drug-likeness (QED) is 0.596. The fraction of sp³-hybridized carbons (Fsp3) is 0.375. The van der Waals surface area contributed by atoms with Crippen molar-refractivity contribution in [1.29, 1.82) is 0 Å². The van der Waals surface area contributed by atoms with Gasteiger partial charge in [-0.2, -0.15) is 4.98 Å². The average molecular weight is 318 g/mol. The number of hydrogen-bond donors (Lipinski definition) is 0.